The van der Waals surface area contributed by atoms with Crippen molar-refractivity contribution >= 4 is 0 Å². The molecular formula is C14H22FNO3. The molecular weight excluding hydrogens is 249 g/mol. The predicted octanol–water partition coefficient (Wildman–Crippen LogP) is 1.63. The summed E-state index contributed by atoms with van der Waals surface area (Å²) in [6.07, 6.45) is 0.563. The maximum absolute atomic E-state index is 13.6. The van der Waals surface area contributed by atoms with Gasteiger partial charge in [-0.25, -0.2) is 4.39 Å². The second-order valence-electron chi connectivity index (χ2n) is 4.06. The zero-order valence-electron chi connectivity index (χ0n) is 11.6. The van der Waals surface area contributed by atoms with Gasteiger partial charge in [0, 0.05) is 26.3 Å². The van der Waals surface area contributed by atoms with Crippen molar-refractivity contribution in [3.05, 3.63) is 29.6 Å². The summed E-state index contributed by atoms with van der Waals surface area (Å²) in [7, 11) is 3.19. The van der Waals surface area contributed by atoms with Crippen LogP contribution in [0.25, 0.3) is 0 Å². The molecule has 0 bridgehead atoms. The summed E-state index contributed by atoms with van der Waals surface area (Å²) in [5.41, 5.74) is 0.646. The quantitative estimate of drug-likeness (QED) is 0.657. The SMILES string of the molecule is COCCNCCOCCc1ccc(OC)cc1F. The lowest BCUT2D eigenvalue weighted by molar-refractivity contribution is 0.135. The summed E-state index contributed by atoms with van der Waals surface area (Å²) in [5.74, 6) is 0.283. The van der Waals surface area contributed by atoms with Gasteiger partial charge in [-0.1, -0.05) is 6.07 Å². The minimum absolute atomic E-state index is 0.249. The van der Waals surface area contributed by atoms with Gasteiger partial charge in [-0.15, -0.1) is 0 Å². The van der Waals surface area contributed by atoms with E-state index < -0.39 is 0 Å². The Morgan fingerprint density at radius 1 is 1.11 bits per heavy atom. The normalized spacial score (nSPS) is 10.7. The highest BCUT2D eigenvalue weighted by Gasteiger charge is 2.03. The molecule has 0 amide bonds. The number of benzene rings is 1. The first-order valence-electron chi connectivity index (χ1n) is 6.37. The van der Waals surface area contributed by atoms with Crippen molar-refractivity contribution in [2.45, 2.75) is 6.42 Å². The standard InChI is InChI=1S/C14H22FNO3/c1-17-9-6-16-7-10-19-8-5-12-3-4-13(18-2)11-14(12)15/h3-4,11,16H,5-10H2,1-2H3. The fourth-order valence-electron chi connectivity index (χ4n) is 1.59. The number of ether oxygens (including phenoxy) is 3. The molecule has 5 heteroatoms. The van der Waals surface area contributed by atoms with E-state index >= 15 is 0 Å². The van der Waals surface area contributed by atoms with E-state index in [9.17, 15) is 4.39 Å². The number of rotatable bonds is 10. The first kappa shape index (κ1) is 15.9. The second-order valence-corrected chi connectivity index (χ2v) is 4.06. The molecule has 0 atom stereocenters. The summed E-state index contributed by atoms with van der Waals surface area (Å²) in [5, 5.41) is 3.17. The summed E-state index contributed by atoms with van der Waals surface area (Å²) in [6.45, 7) is 3.40. The van der Waals surface area contributed by atoms with Crippen molar-refractivity contribution in [3.8, 4) is 5.75 Å². The summed E-state index contributed by atoms with van der Waals surface area (Å²) < 4.78 is 28.9. The molecule has 108 valence electrons. The van der Waals surface area contributed by atoms with Crippen LogP contribution >= 0.6 is 0 Å². The molecule has 0 aromatic heterocycles. The number of hydrogen-bond acceptors (Lipinski definition) is 4. The van der Waals surface area contributed by atoms with Gasteiger partial charge in [0.1, 0.15) is 11.6 Å². The lowest BCUT2D eigenvalue weighted by Gasteiger charge is -2.07. The number of hydrogen-bond donors (Lipinski definition) is 1. The van der Waals surface area contributed by atoms with Crippen LogP contribution < -0.4 is 10.1 Å². The molecule has 0 aliphatic carbocycles. The summed E-state index contributed by atoms with van der Waals surface area (Å²) in [4.78, 5) is 0. The average Bonchev–Trinajstić information content (AvgIpc) is 2.43. The third kappa shape index (κ3) is 6.52. The van der Waals surface area contributed by atoms with Crippen LogP contribution in [0, 0.1) is 5.82 Å². The fourth-order valence-corrected chi connectivity index (χ4v) is 1.59. The Morgan fingerprint density at radius 2 is 1.89 bits per heavy atom. The Bertz CT molecular complexity index is 361. The van der Waals surface area contributed by atoms with Gasteiger partial charge in [0.05, 0.1) is 26.9 Å². The van der Waals surface area contributed by atoms with E-state index in [2.05, 4.69) is 5.32 Å². The molecule has 0 heterocycles. The molecule has 1 aromatic rings. The van der Waals surface area contributed by atoms with E-state index in [0.29, 0.717) is 37.6 Å². The van der Waals surface area contributed by atoms with Gasteiger partial charge in [-0.2, -0.15) is 0 Å². The van der Waals surface area contributed by atoms with Gasteiger partial charge in [-0.05, 0) is 18.1 Å². The first-order chi connectivity index (χ1) is 9.27. The third-order valence-corrected chi connectivity index (χ3v) is 2.68. The van der Waals surface area contributed by atoms with Gasteiger partial charge >= 0.3 is 0 Å². The highest BCUT2D eigenvalue weighted by atomic mass is 19.1. The molecule has 0 fully saturated rings. The molecule has 1 aromatic carbocycles. The molecule has 1 rings (SSSR count). The highest BCUT2D eigenvalue weighted by Crippen LogP contribution is 2.16. The monoisotopic (exact) mass is 271 g/mol. The maximum Gasteiger partial charge on any atom is 0.130 e. The largest absolute Gasteiger partial charge is 0.497 e. The number of halogens is 1. The van der Waals surface area contributed by atoms with Crippen LogP contribution in [-0.4, -0.2) is 47.1 Å². The lowest BCUT2D eigenvalue weighted by Crippen LogP contribution is -2.23. The molecule has 0 spiro atoms. The van der Waals surface area contributed by atoms with Crippen LogP contribution in [0.2, 0.25) is 0 Å². The molecule has 0 aliphatic rings. The molecule has 19 heavy (non-hydrogen) atoms. The maximum atomic E-state index is 13.6. The van der Waals surface area contributed by atoms with Crippen LogP contribution in [-0.2, 0) is 15.9 Å². The van der Waals surface area contributed by atoms with Crippen LogP contribution in [0.15, 0.2) is 18.2 Å². The van der Waals surface area contributed by atoms with Gasteiger partial charge in [-0.3, -0.25) is 0 Å². The van der Waals surface area contributed by atoms with Crippen molar-refractivity contribution in [3.63, 3.8) is 0 Å². The Hall–Kier alpha value is -1.17. The minimum atomic E-state index is -0.249. The average molecular weight is 271 g/mol. The Morgan fingerprint density at radius 3 is 2.58 bits per heavy atom. The Labute approximate surface area is 113 Å². The summed E-state index contributed by atoms with van der Waals surface area (Å²) in [6, 6.07) is 4.88. The van der Waals surface area contributed by atoms with Crippen LogP contribution in [0.4, 0.5) is 4.39 Å². The van der Waals surface area contributed by atoms with Crippen molar-refractivity contribution in [1.82, 2.24) is 5.32 Å². The Balaban J connectivity index is 2.12. The van der Waals surface area contributed by atoms with E-state index in [1.807, 2.05) is 0 Å². The predicted molar refractivity (Wildman–Crippen MR) is 72.2 cm³/mol. The molecule has 0 aliphatic heterocycles. The number of methoxy groups -OCH3 is 2. The molecule has 0 radical (unpaired) electrons. The number of nitrogens with one attached hydrogen (secondary N) is 1. The zero-order valence-corrected chi connectivity index (χ0v) is 11.6. The fraction of sp³-hybridized carbons (Fsp3) is 0.571. The molecule has 0 unspecified atom stereocenters. The summed E-state index contributed by atoms with van der Waals surface area (Å²) >= 11 is 0. The van der Waals surface area contributed by atoms with Gasteiger partial charge in [0.15, 0.2) is 0 Å². The van der Waals surface area contributed by atoms with Crippen molar-refractivity contribution in [2.24, 2.45) is 0 Å². The van der Waals surface area contributed by atoms with E-state index in [4.69, 9.17) is 14.2 Å². The van der Waals surface area contributed by atoms with Crippen LogP contribution in [0.3, 0.4) is 0 Å². The van der Waals surface area contributed by atoms with Crippen molar-refractivity contribution in [2.75, 3.05) is 47.1 Å². The van der Waals surface area contributed by atoms with Crippen LogP contribution in [0.5, 0.6) is 5.75 Å². The molecule has 4 nitrogen and oxygen atoms in total. The molecule has 0 saturated carbocycles. The Kier molecular flexibility index (Phi) is 8.13. The smallest absolute Gasteiger partial charge is 0.130 e. The third-order valence-electron chi connectivity index (χ3n) is 2.68. The van der Waals surface area contributed by atoms with Gasteiger partial charge < -0.3 is 19.5 Å². The molecule has 0 saturated heterocycles. The second kappa shape index (κ2) is 9.72. The van der Waals surface area contributed by atoms with Crippen LogP contribution in [0.1, 0.15) is 5.56 Å². The zero-order chi connectivity index (χ0) is 13.9. The first-order valence-corrected chi connectivity index (χ1v) is 6.37. The van der Waals surface area contributed by atoms with Gasteiger partial charge in [0.25, 0.3) is 0 Å². The van der Waals surface area contributed by atoms with Crippen molar-refractivity contribution in [1.29, 1.82) is 0 Å². The lowest BCUT2D eigenvalue weighted by atomic mass is 10.1. The van der Waals surface area contributed by atoms with E-state index in [-0.39, 0.29) is 5.82 Å². The van der Waals surface area contributed by atoms with Gasteiger partial charge in [0.2, 0.25) is 0 Å². The van der Waals surface area contributed by atoms with Crippen molar-refractivity contribution < 1.29 is 18.6 Å². The van der Waals surface area contributed by atoms with E-state index in [0.717, 1.165) is 13.1 Å². The van der Waals surface area contributed by atoms with E-state index in [1.54, 1.807) is 19.2 Å². The minimum Gasteiger partial charge on any atom is -0.497 e. The molecule has 1 N–H and O–H groups in total. The van der Waals surface area contributed by atoms with E-state index in [1.165, 1.54) is 13.2 Å². The topological polar surface area (TPSA) is 39.7 Å². The highest BCUT2D eigenvalue weighted by molar-refractivity contribution is 5.28.